The van der Waals surface area contributed by atoms with E-state index in [1.54, 1.807) is 28.7 Å². The number of rotatable bonds is 2. The molecule has 13 heavy (non-hydrogen) atoms. The second kappa shape index (κ2) is 3.49. The summed E-state index contributed by atoms with van der Waals surface area (Å²) < 4.78 is 1.57. The van der Waals surface area contributed by atoms with Crippen molar-refractivity contribution in [2.24, 2.45) is 5.10 Å². The summed E-state index contributed by atoms with van der Waals surface area (Å²) in [5, 5.41) is 13.5. The molecule has 0 aliphatic rings. The molecule has 4 nitrogen and oxygen atoms in total. The fraction of sp³-hybridized carbons (Fsp3) is 0.125. The van der Waals surface area contributed by atoms with Crippen LogP contribution >= 0.6 is 11.3 Å². The first-order valence-corrected chi connectivity index (χ1v) is 4.67. The lowest BCUT2D eigenvalue weighted by molar-refractivity contribution is 0.878. The van der Waals surface area contributed by atoms with Gasteiger partial charge < -0.3 is 0 Å². The first kappa shape index (κ1) is 8.12. The summed E-state index contributed by atoms with van der Waals surface area (Å²) in [4.78, 5) is 1.16. The summed E-state index contributed by atoms with van der Waals surface area (Å²) in [5.74, 6) is 0. The van der Waals surface area contributed by atoms with Crippen molar-refractivity contribution < 1.29 is 0 Å². The molecule has 0 fully saturated rings. The Labute approximate surface area is 79.6 Å². The van der Waals surface area contributed by atoms with E-state index >= 15 is 0 Å². The van der Waals surface area contributed by atoms with Gasteiger partial charge in [-0.2, -0.15) is 5.10 Å². The smallest absolute Gasteiger partial charge is 0.141 e. The maximum atomic E-state index is 4.15. The fourth-order valence-electron chi connectivity index (χ4n) is 0.891. The molecule has 0 aliphatic heterocycles. The molecular formula is C8H8N4S. The molecule has 0 radical (unpaired) electrons. The Morgan fingerprint density at radius 2 is 2.23 bits per heavy atom. The van der Waals surface area contributed by atoms with Crippen molar-refractivity contribution in [3.05, 3.63) is 34.5 Å². The Kier molecular flexibility index (Phi) is 2.18. The summed E-state index contributed by atoms with van der Waals surface area (Å²) in [6.07, 6.45) is 4.92. The van der Waals surface area contributed by atoms with Crippen molar-refractivity contribution in [1.29, 1.82) is 0 Å². The van der Waals surface area contributed by atoms with Crippen LogP contribution in [0.25, 0.3) is 0 Å². The summed E-state index contributed by atoms with van der Waals surface area (Å²) in [7, 11) is 0. The highest BCUT2D eigenvalue weighted by Crippen LogP contribution is 2.12. The zero-order valence-electron chi connectivity index (χ0n) is 7.08. The topological polar surface area (TPSA) is 43.1 Å². The molecule has 0 N–H and O–H groups in total. The van der Waals surface area contributed by atoms with Crippen LogP contribution in [-0.4, -0.2) is 21.1 Å². The van der Waals surface area contributed by atoms with Crippen LogP contribution in [-0.2, 0) is 0 Å². The largest absolute Gasteiger partial charge is 0.208 e. The normalized spacial score (nSPS) is 11.2. The first-order chi connectivity index (χ1) is 6.36. The van der Waals surface area contributed by atoms with Crippen LogP contribution in [0.2, 0.25) is 0 Å². The first-order valence-electron chi connectivity index (χ1n) is 3.79. The average Bonchev–Trinajstić information content (AvgIpc) is 2.72. The maximum absolute atomic E-state index is 4.15. The van der Waals surface area contributed by atoms with E-state index in [0.29, 0.717) is 0 Å². The van der Waals surface area contributed by atoms with Crippen LogP contribution < -0.4 is 0 Å². The Morgan fingerprint density at radius 3 is 2.85 bits per heavy atom. The molecule has 0 bridgehead atoms. The van der Waals surface area contributed by atoms with Crippen molar-refractivity contribution >= 4 is 17.6 Å². The molecule has 2 heterocycles. The van der Waals surface area contributed by atoms with Gasteiger partial charge in [0.05, 0.1) is 11.1 Å². The van der Waals surface area contributed by atoms with Crippen LogP contribution in [0, 0.1) is 6.92 Å². The molecule has 2 aromatic heterocycles. The summed E-state index contributed by atoms with van der Waals surface area (Å²) in [6.45, 7) is 2.06. The quantitative estimate of drug-likeness (QED) is 0.677. The highest BCUT2D eigenvalue weighted by molar-refractivity contribution is 7.11. The molecule has 0 saturated carbocycles. The monoisotopic (exact) mass is 192 g/mol. The van der Waals surface area contributed by atoms with E-state index < -0.39 is 0 Å². The lowest BCUT2D eigenvalue weighted by atomic mass is 10.3. The third-order valence-corrected chi connectivity index (χ3v) is 2.57. The molecule has 2 rings (SSSR count). The van der Waals surface area contributed by atoms with Crippen LogP contribution in [0.15, 0.2) is 29.2 Å². The van der Waals surface area contributed by atoms with Gasteiger partial charge in [0.2, 0.25) is 0 Å². The Hall–Kier alpha value is -1.49. The molecule has 2 aromatic rings. The van der Waals surface area contributed by atoms with Gasteiger partial charge in [-0.1, -0.05) is 0 Å². The number of hydrogen-bond donors (Lipinski definition) is 0. The van der Waals surface area contributed by atoms with Crippen LogP contribution in [0.1, 0.15) is 10.4 Å². The van der Waals surface area contributed by atoms with Gasteiger partial charge in [-0.25, -0.2) is 4.68 Å². The second-order valence-electron chi connectivity index (χ2n) is 2.55. The van der Waals surface area contributed by atoms with E-state index in [-0.39, 0.29) is 0 Å². The molecule has 0 aliphatic carbocycles. The summed E-state index contributed by atoms with van der Waals surface area (Å²) >= 11 is 1.67. The number of aryl methyl sites for hydroxylation is 1. The lowest BCUT2D eigenvalue weighted by Gasteiger charge is -1.89. The zero-order valence-corrected chi connectivity index (χ0v) is 7.90. The van der Waals surface area contributed by atoms with Gasteiger partial charge in [0.25, 0.3) is 0 Å². The predicted molar refractivity (Wildman–Crippen MR) is 52.1 cm³/mol. The number of aromatic nitrogens is 3. The van der Waals surface area contributed by atoms with E-state index in [0.717, 1.165) is 4.88 Å². The fourth-order valence-corrected chi connectivity index (χ4v) is 1.67. The van der Waals surface area contributed by atoms with Crippen molar-refractivity contribution in [3.63, 3.8) is 0 Å². The third-order valence-electron chi connectivity index (χ3n) is 1.62. The van der Waals surface area contributed by atoms with Crippen LogP contribution in [0.3, 0.4) is 0 Å². The van der Waals surface area contributed by atoms with Gasteiger partial charge in [-0.05, 0) is 23.9 Å². The van der Waals surface area contributed by atoms with Crippen molar-refractivity contribution in [1.82, 2.24) is 14.9 Å². The van der Waals surface area contributed by atoms with Gasteiger partial charge >= 0.3 is 0 Å². The lowest BCUT2D eigenvalue weighted by Crippen LogP contribution is -1.85. The van der Waals surface area contributed by atoms with Crippen LogP contribution in [0.4, 0.5) is 0 Å². The van der Waals surface area contributed by atoms with Gasteiger partial charge in [0, 0.05) is 0 Å². The summed E-state index contributed by atoms with van der Waals surface area (Å²) in [6, 6.07) is 2.07. The second-order valence-corrected chi connectivity index (χ2v) is 3.50. The number of nitrogens with zero attached hydrogens (tertiary/aromatic N) is 4. The van der Waals surface area contributed by atoms with E-state index in [1.165, 1.54) is 5.56 Å². The van der Waals surface area contributed by atoms with Crippen molar-refractivity contribution in [3.8, 4) is 0 Å². The van der Waals surface area contributed by atoms with Crippen molar-refractivity contribution in [2.45, 2.75) is 6.92 Å². The minimum atomic E-state index is 1.16. The molecule has 0 spiro atoms. The minimum Gasteiger partial charge on any atom is -0.208 e. The number of hydrogen-bond acceptors (Lipinski definition) is 4. The van der Waals surface area contributed by atoms with Crippen LogP contribution in [0.5, 0.6) is 0 Å². The van der Waals surface area contributed by atoms with E-state index in [2.05, 4.69) is 28.3 Å². The van der Waals surface area contributed by atoms with E-state index in [9.17, 15) is 0 Å². The summed E-state index contributed by atoms with van der Waals surface area (Å²) in [5.41, 5.74) is 1.24. The zero-order chi connectivity index (χ0) is 9.10. The predicted octanol–water partition coefficient (Wildman–Crippen LogP) is 1.53. The van der Waals surface area contributed by atoms with Crippen molar-refractivity contribution in [2.75, 3.05) is 0 Å². The standard InChI is InChI=1S/C8H8N4S/c1-7-2-3-13-8(7)4-11-12-5-9-10-6-12/h2-6H,1H3/b11-4+. The molecule has 66 valence electrons. The third kappa shape index (κ3) is 1.81. The molecule has 0 atom stereocenters. The number of thiophene rings is 1. The van der Waals surface area contributed by atoms with E-state index in [1.807, 2.05) is 11.6 Å². The SMILES string of the molecule is Cc1ccsc1/C=N/n1cnnc1. The van der Waals surface area contributed by atoms with Gasteiger partial charge in [-0.15, -0.1) is 21.5 Å². The molecule has 5 heteroatoms. The van der Waals surface area contributed by atoms with Gasteiger partial charge in [-0.3, -0.25) is 0 Å². The molecule has 0 unspecified atom stereocenters. The molecule has 0 amide bonds. The highest BCUT2D eigenvalue weighted by atomic mass is 32.1. The molecule has 0 aromatic carbocycles. The van der Waals surface area contributed by atoms with Gasteiger partial charge in [0.15, 0.2) is 0 Å². The Morgan fingerprint density at radius 1 is 1.46 bits per heavy atom. The Balaban J connectivity index is 2.19. The average molecular weight is 192 g/mol. The molecular weight excluding hydrogens is 184 g/mol. The van der Waals surface area contributed by atoms with Gasteiger partial charge in [0.1, 0.15) is 12.7 Å². The van der Waals surface area contributed by atoms with E-state index in [4.69, 9.17) is 0 Å². The minimum absolute atomic E-state index is 1.16. The molecule has 0 saturated heterocycles. The highest BCUT2D eigenvalue weighted by Gasteiger charge is 1.94. The Bertz CT molecular complexity index is 401. The maximum Gasteiger partial charge on any atom is 0.141 e.